The molecule has 2 aliphatic heterocycles. The van der Waals surface area contributed by atoms with Crippen molar-refractivity contribution in [3.63, 3.8) is 0 Å². The van der Waals surface area contributed by atoms with Crippen molar-refractivity contribution in [2.75, 3.05) is 62.7 Å². The molecule has 2 aromatic heterocycles. The molecule has 63 heavy (non-hydrogen) atoms. The van der Waals surface area contributed by atoms with Crippen LogP contribution in [0.1, 0.15) is 69.2 Å². The molecule has 0 saturated carbocycles. The average molecular weight is 898 g/mol. The zero-order chi connectivity index (χ0) is 45.2. The summed E-state index contributed by atoms with van der Waals surface area (Å²) in [6, 6.07) is 11.3. The number of rotatable bonds is 15. The molecule has 0 radical (unpaired) electrons. The Kier molecular flexibility index (Phi) is 13.2. The van der Waals surface area contributed by atoms with Crippen molar-refractivity contribution in [3.8, 4) is 11.5 Å². The van der Waals surface area contributed by atoms with Crippen LogP contribution in [-0.2, 0) is 14.8 Å². The summed E-state index contributed by atoms with van der Waals surface area (Å²) in [6.45, 7) is 11.6. The number of halogens is 4. The van der Waals surface area contributed by atoms with Gasteiger partial charge in [0.25, 0.3) is 21.6 Å². The second-order valence-corrected chi connectivity index (χ2v) is 18.9. The number of piperazine rings is 1. The van der Waals surface area contributed by atoms with Crippen molar-refractivity contribution in [2.45, 2.75) is 75.5 Å². The van der Waals surface area contributed by atoms with Gasteiger partial charge in [-0.1, -0.05) is 31.6 Å². The number of nitrogens with zero attached hydrogens (tertiary/aromatic N) is 4. The van der Waals surface area contributed by atoms with Gasteiger partial charge in [0.1, 0.15) is 28.5 Å². The number of fused-ring (bicyclic) bond motifs is 1. The lowest BCUT2D eigenvalue weighted by Crippen LogP contribution is -2.47. The molecule has 3 N–H and O–H groups in total. The number of benzene rings is 2. The van der Waals surface area contributed by atoms with Crippen LogP contribution in [0, 0.1) is 15.5 Å². The second-order valence-electron chi connectivity index (χ2n) is 17.3. The zero-order valence-electron chi connectivity index (χ0n) is 35.2. The Labute approximate surface area is 362 Å². The molecule has 2 aromatic carbocycles. The number of H-pyrrole nitrogens is 1. The third-order valence-corrected chi connectivity index (χ3v) is 13.3. The van der Waals surface area contributed by atoms with E-state index in [1.165, 1.54) is 12.3 Å². The van der Waals surface area contributed by atoms with Crippen LogP contribution in [0.3, 0.4) is 0 Å². The number of aromatic amines is 1. The van der Waals surface area contributed by atoms with E-state index in [-0.39, 0.29) is 67.2 Å². The lowest BCUT2D eigenvalue weighted by Gasteiger charge is -2.39. The first kappa shape index (κ1) is 45.5. The van der Waals surface area contributed by atoms with Crippen molar-refractivity contribution in [1.82, 2.24) is 19.6 Å². The fourth-order valence-electron chi connectivity index (χ4n) is 8.22. The molecule has 0 unspecified atom stereocenters. The van der Waals surface area contributed by atoms with Gasteiger partial charge in [0.2, 0.25) is 0 Å². The molecule has 1 amide bonds. The molecule has 7 rings (SSSR count). The van der Waals surface area contributed by atoms with E-state index in [0.29, 0.717) is 56.1 Å². The van der Waals surface area contributed by atoms with Crippen LogP contribution in [0.25, 0.3) is 11.0 Å². The molecule has 0 bridgehead atoms. The number of carbonyl (C=O) groups excluding carboxylic acids is 1. The van der Waals surface area contributed by atoms with Gasteiger partial charge in [-0.15, -0.1) is 0 Å². The first-order valence-electron chi connectivity index (χ1n) is 20.8. The molecule has 0 spiro atoms. The van der Waals surface area contributed by atoms with E-state index in [1.807, 2.05) is 4.72 Å². The van der Waals surface area contributed by atoms with Crippen LogP contribution >= 0.6 is 0 Å². The summed E-state index contributed by atoms with van der Waals surface area (Å²) in [5.41, 5.74) is 1.39. The fourth-order valence-corrected chi connectivity index (χ4v) is 9.21. The minimum Gasteiger partial charge on any atom is -0.455 e. The van der Waals surface area contributed by atoms with Crippen molar-refractivity contribution in [2.24, 2.45) is 5.41 Å². The Morgan fingerprint density at radius 3 is 2.52 bits per heavy atom. The third kappa shape index (κ3) is 11.4. The maximum Gasteiger partial charge on any atom is 0.389 e. The van der Waals surface area contributed by atoms with Gasteiger partial charge >= 0.3 is 6.18 Å². The standard InChI is InChI=1S/C44H51F4N7O7S/c1-29(8-12-44(46,47)48)36-25-42(2,3)11-9-31(36)27-53-16-18-54(19-17-53)32-4-6-35(39(23-32)62-33-22-30-10-15-49-40(30)50-26-33)41(56)52-63(59,60)34-5-7-37(38(24-34)55(57)58)51-28-43(45)13-20-61-21-14-43/h4-7,10,15,22-24,26,51H,1,8-9,11-14,16-21,25,27-28H2,2-3H3,(H,49,50)(H,52,56). The van der Waals surface area contributed by atoms with Crippen molar-refractivity contribution in [3.05, 3.63) is 99.9 Å². The highest BCUT2D eigenvalue weighted by Crippen LogP contribution is 2.43. The lowest BCUT2D eigenvalue weighted by atomic mass is 9.72. The van der Waals surface area contributed by atoms with E-state index >= 15 is 4.39 Å². The number of carbonyl (C=O) groups is 1. The molecular weight excluding hydrogens is 847 g/mol. The number of allylic oxidation sites excluding steroid dienone is 2. The molecule has 3 aliphatic rings. The molecule has 4 heterocycles. The largest absolute Gasteiger partial charge is 0.455 e. The summed E-state index contributed by atoms with van der Waals surface area (Å²) < 4.78 is 95.3. The number of amides is 1. The van der Waals surface area contributed by atoms with E-state index in [0.717, 1.165) is 47.6 Å². The van der Waals surface area contributed by atoms with E-state index in [9.17, 15) is 36.5 Å². The molecule has 338 valence electrons. The van der Waals surface area contributed by atoms with E-state index in [4.69, 9.17) is 9.47 Å². The average Bonchev–Trinajstić information content (AvgIpc) is 3.71. The summed E-state index contributed by atoms with van der Waals surface area (Å²) >= 11 is 0. The summed E-state index contributed by atoms with van der Waals surface area (Å²) in [4.78, 5) is 36.3. The smallest absolute Gasteiger partial charge is 0.389 e. The van der Waals surface area contributed by atoms with Crippen molar-refractivity contribution in [1.29, 1.82) is 0 Å². The number of sulfonamides is 1. The van der Waals surface area contributed by atoms with Crippen molar-refractivity contribution >= 4 is 44.0 Å². The number of pyridine rings is 1. The Morgan fingerprint density at radius 2 is 1.81 bits per heavy atom. The van der Waals surface area contributed by atoms with Gasteiger partial charge in [-0.05, 0) is 73.1 Å². The third-order valence-electron chi connectivity index (χ3n) is 12.0. The molecule has 14 nitrogen and oxygen atoms in total. The minimum absolute atomic E-state index is 0.0232. The van der Waals surface area contributed by atoms with E-state index < -0.39 is 49.7 Å². The first-order valence-corrected chi connectivity index (χ1v) is 22.3. The topological polar surface area (TPSA) is 172 Å². The number of nitro benzene ring substituents is 1. The number of nitro groups is 1. The fraction of sp³-hybridized carbons (Fsp3) is 0.455. The highest BCUT2D eigenvalue weighted by Gasteiger charge is 2.35. The van der Waals surface area contributed by atoms with Crippen LogP contribution in [0.15, 0.2) is 89.1 Å². The first-order chi connectivity index (χ1) is 29.8. The number of nitrogens with one attached hydrogen (secondary N) is 3. The number of anilines is 2. The van der Waals surface area contributed by atoms with Crippen LogP contribution in [0.4, 0.5) is 34.6 Å². The van der Waals surface area contributed by atoms with Crippen LogP contribution in [0.5, 0.6) is 11.5 Å². The highest BCUT2D eigenvalue weighted by molar-refractivity contribution is 7.90. The Bertz CT molecular complexity index is 2510. The van der Waals surface area contributed by atoms with E-state index in [2.05, 4.69) is 45.5 Å². The summed E-state index contributed by atoms with van der Waals surface area (Å²) in [6.07, 6.45) is 0.469. The van der Waals surface area contributed by atoms with Crippen molar-refractivity contribution < 1.29 is 45.2 Å². The summed E-state index contributed by atoms with van der Waals surface area (Å²) in [5, 5.41) is 15.5. The number of hydrogen-bond donors (Lipinski definition) is 3. The van der Waals surface area contributed by atoms with Gasteiger partial charge in [0.05, 0.1) is 21.6 Å². The lowest BCUT2D eigenvalue weighted by molar-refractivity contribution is -0.384. The monoisotopic (exact) mass is 897 g/mol. The van der Waals surface area contributed by atoms with Gasteiger partial charge in [0.15, 0.2) is 0 Å². The van der Waals surface area contributed by atoms with E-state index in [1.54, 1.807) is 30.5 Å². The van der Waals surface area contributed by atoms with Gasteiger partial charge in [-0.2, -0.15) is 13.2 Å². The van der Waals surface area contributed by atoms with Crippen LogP contribution < -0.4 is 19.7 Å². The normalized spacial score (nSPS) is 18.3. The quantitative estimate of drug-likeness (QED) is 0.0592. The molecule has 4 aromatic rings. The molecule has 0 atom stereocenters. The maximum absolute atomic E-state index is 15.2. The summed E-state index contributed by atoms with van der Waals surface area (Å²) in [7, 11) is -4.68. The predicted octanol–water partition coefficient (Wildman–Crippen LogP) is 8.84. The molecule has 19 heteroatoms. The predicted molar refractivity (Wildman–Crippen MR) is 230 cm³/mol. The molecule has 2 saturated heterocycles. The number of aromatic nitrogens is 2. The number of hydrogen-bond acceptors (Lipinski definition) is 11. The number of ether oxygens (including phenoxy) is 2. The van der Waals surface area contributed by atoms with Gasteiger partial charge in [-0.25, -0.2) is 22.5 Å². The Hall–Kier alpha value is -5.53. The SMILES string of the molecule is C=C(CCC(F)(F)F)C1=C(CN2CCN(c3ccc(C(=O)NS(=O)(=O)c4ccc(NCC5(F)CCOCC5)c([N+](=O)[O-])c4)c(Oc4cnc5[nH]ccc5c4)c3)CC2)CCC(C)(C)C1. The second kappa shape index (κ2) is 18.3. The zero-order valence-corrected chi connectivity index (χ0v) is 36.0. The molecule has 1 aliphatic carbocycles. The Morgan fingerprint density at radius 1 is 1.06 bits per heavy atom. The summed E-state index contributed by atoms with van der Waals surface area (Å²) in [5.74, 6) is -0.764. The maximum atomic E-state index is 15.2. The van der Waals surface area contributed by atoms with Crippen LogP contribution in [-0.4, -0.2) is 98.4 Å². The van der Waals surface area contributed by atoms with Gasteiger partial charge in [0, 0.05) is 101 Å². The van der Waals surface area contributed by atoms with Gasteiger partial charge in [-0.3, -0.25) is 19.8 Å². The molecular formula is C44H51F4N7O7S. The van der Waals surface area contributed by atoms with Crippen LogP contribution in [0.2, 0.25) is 0 Å². The number of alkyl halides is 4. The molecule has 2 fully saturated rings. The highest BCUT2D eigenvalue weighted by atomic mass is 32.2. The van der Waals surface area contributed by atoms with Gasteiger partial charge < -0.3 is 24.7 Å². The Balaban J connectivity index is 1.08. The minimum atomic E-state index is -4.68.